The second-order valence-electron chi connectivity index (χ2n) is 6.56. The Hall–Kier alpha value is -2.12. The van der Waals surface area contributed by atoms with E-state index in [1.807, 2.05) is 19.0 Å². The molecule has 2 N–H and O–H groups in total. The Morgan fingerprint density at radius 2 is 2.04 bits per heavy atom. The number of nitrogens with zero attached hydrogens (tertiary/aromatic N) is 2. The van der Waals surface area contributed by atoms with E-state index < -0.39 is 12.1 Å². The van der Waals surface area contributed by atoms with Crippen LogP contribution in [0.3, 0.4) is 0 Å². The van der Waals surface area contributed by atoms with E-state index in [0.29, 0.717) is 17.1 Å². The van der Waals surface area contributed by atoms with Gasteiger partial charge in [0.2, 0.25) is 5.91 Å². The van der Waals surface area contributed by atoms with E-state index in [-0.39, 0.29) is 31.2 Å². The first-order valence-corrected chi connectivity index (χ1v) is 9.03. The molecule has 0 unspecified atom stereocenters. The molecule has 1 heterocycles. The molecule has 4 amide bonds. The highest BCUT2D eigenvalue weighted by atomic mass is 35.5. The Bertz CT molecular complexity index is 666. The van der Waals surface area contributed by atoms with Crippen molar-refractivity contribution >= 4 is 29.4 Å². The van der Waals surface area contributed by atoms with Gasteiger partial charge in [0, 0.05) is 18.0 Å². The van der Waals surface area contributed by atoms with Crippen LogP contribution in [0, 0.1) is 0 Å². The van der Waals surface area contributed by atoms with Crippen LogP contribution in [-0.4, -0.2) is 60.9 Å². The van der Waals surface area contributed by atoms with E-state index in [2.05, 4.69) is 10.6 Å². The van der Waals surface area contributed by atoms with Gasteiger partial charge in [-0.3, -0.25) is 14.5 Å². The summed E-state index contributed by atoms with van der Waals surface area (Å²) < 4.78 is 0. The van der Waals surface area contributed by atoms with Crippen LogP contribution in [0.5, 0.6) is 0 Å². The molecule has 1 aliphatic rings. The molecule has 142 valence electrons. The molecule has 0 spiro atoms. The summed E-state index contributed by atoms with van der Waals surface area (Å²) in [5, 5.41) is 5.97. The van der Waals surface area contributed by atoms with E-state index in [1.54, 1.807) is 24.3 Å². The maximum atomic E-state index is 12.4. The highest BCUT2D eigenvalue weighted by Gasteiger charge is 2.37. The maximum Gasteiger partial charge on any atom is 0.325 e. The molecule has 0 aromatic heterocycles. The number of benzene rings is 1. The second-order valence-corrected chi connectivity index (χ2v) is 6.97. The van der Waals surface area contributed by atoms with Crippen LogP contribution in [-0.2, 0) is 16.1 Å². The molecule has 1 aromatic rings. The lowest BCUT2D eigenvalue weighted by Gasteiger charge is -2.14. The van der Waals surface area contributed by atoms with Gasteiger partial charge < -0.3 is 15.5 Å². The number of carbonyl (C=O) groups is 3. The van der Waals surface area contributed by atoms with Crippen molar-refractivity contribution in [3.63, 3.8) is 0 Å². The molecule has 1 aliphatic heterocycles. The highest BCUT2D eigenvalue weighted by Crippen LogP contribution is 2.20. The smallest absolute Gasteiger partial charge is 0.325 e. The van der Waals surface area contributed by atoms with Crippen molar-refractivity contribution in [1.82, 2.24) is 20.4 Å². The molecule has 8 heteroatoms. The predicted octanol–water partition coefficient (Wildman–Crippen LogP) is 1.61. The van der Waals surface area contributed by atoms with Crippen LogP contribution in [0.1, 0.15) is 24.8 Å². The minimum Gasteiger partial charge on any atom is -0.356 e. The average molecular weight is 381 g/mol. The van der Waals surface area contributed by atoms with Gasteiger partial charge in [0.25, 0.3) is 5.91 Å². The van der Waals surface area contributed by atoms with Gasteiger partial charge in [-0.05, 0) is 45.1 Å². The molecule has 0 bridgehead atoms. The molecular formula is C18H25ClN4O3. The van der Waals surface area contributed by atoms with Crippen LogP contribution in [0.4, 0.5) is 4.79 Å². The first kappa shape index (κ1) is 20.2. The van der Waals surface area contributed by atoms with E-state index in [1.165, 1.54) is 0 Å². The van der Waals surface area contributed by atoms with Gasteiger partial charge in [-0.2, -0.15) is 0 Å². The van der Waals surface area contributed by atoms with Crippen molar-refractivity contribution in [2.75, 3.05) is 27.2 Å². The first-order chi connectivity index (χ1) is 12.4. The Kier molecular flexibility index (Phi) is 7.41. The van der Waals surface area contributed by atoms with Crippen molar-refractivity contribution < 1.29 is 14.4 Å². The van der Waals surface area contributed by atoms with E-state index in [9.17, 15) is 14.4 Å². The summed E-state index contributed by atoms with van der Waals surface area (Å²) in [6.07, 6.45) is 1.34. The molecule has 0 aliphatic carbocycles. The molecule has 1 saturated heterocycles. The quantitative estimate of drug-likeness (QED) is 0.503. The fraction of sp³-hybridized carbons (Fsp3) is 0.500. The van der Waals surface area contributed by atoms with Gasteiger partial charge in [0.1, 0.15) is 6.04 Å². The van der Waals surface area contributed by atoms with Crippen molar-refractivity contribution in [3.05, 3.63) is 34.9 Å². The summed E-state index contributed by atoms with van der Waals surface area (Å²) in [5.74, 6) is -0.439. The lowest BCUT2D eigenvalue weighted by molar-refractivity contribution is -0.128. The molecule has 1 atom stereocenters. The van der Waals surface area contributed by atoms with Crippen LogP contribution in [0.15, 0.2) is 24.3 Å². The van der Waals surface area contributed by atoms with Crippen LogP contribution >= 0.6 is 11.6 Å². The Labute approximate surface area is 158 Å². The standard InChI is InChI=1S/C18H25ClN4O3/c1-22(2)11-5-10-20-16(24)9-8-15-17(25)23(18(26)21-15)12-13-6-3-4-7-14(13)19/h3-4,6-7,15H,5,8-12H2,1-2H3,(H,20,24)(H,21,26)/t15-/m0/s1. The molecule has 7 nitrogen and oxygen atoms in total. The first-order valence-electron chi connectivity index (χ1n) is 8.65. The summed E-state index contributed by atoms with van der Waals surface area (Å²) in [6.45, 7) is 1.62. The number of urea groups is 1. The molecule has 0 radical (unpaired) electrons. The number of rotatable bonds is 9. The van der Waals surface area contributed by atoms with Gasteiger partial charge in [0.15, 0.2) is 0 Å². The molecule has 2 rings (SSSR count). The van der Waals surface area contributed by atoms with Crippen LogP contribution in [0.2, 0.25) is 5.02 Å². The van der Waals surface area contributed by atoms with Crippen LogP contribution in [0.25, 0.3) is 0 Å². The van der Waals surface area contributed by atoms with Crippen molar-refractivity contribution in [3.8, 4) is 0 Å². The predicted molar refractivity (Wildman–Crippen MR) is 99.7 cm³/mol. The molecule has 26 heavy (non-hydrogen) atoms. The van der Waals surface area contributed by atoms with E-state index in [4.69, 9.17) is 11.6 Å². The third kappa shape index (κ3) is 5.71. The Balaban J connectivity index is 1.79. The zero-order valence-corrected chi connectivity index (χ0v) is 15.9. The summed E-state index contributed by atoms with van der Waals surface area (Å²) in [5.41, 5.74) is 0.706. The van der Waals surface area contributed by atoms with Gasteiger partial charge in [-0.25, -0.2) is 4.79 Å². The number of hydrogen-bond acceptors (Lipinski definition) is 4. The van der Waals surface area contributed by atoms with Crippen molar-refractivity contribution in [1.29, 1.82) is 0 Å². The third-order valence-corrected chi connectivity index (χ3v) is 4.53. The van der Waals surface area contributed by atoms with Gasteiger partial charge >= 0.3 is 6.03 Å². The van der Waals surface area contributed by atoms with E-state index >= 15 is 0 Å². The number of nitrogens with one attached hydrogen (secondary N) is 2. The number of carbonyl (C=O) groups excluding carboxylic acids is 3. The highest BCUT2D eigenvalue weighted by molar-refractivity contribution is 6.31. The summed E-state index contributed by atoms with van der Waals surface area (Å²) in [7, 11) is 3.95. The lowest BCUT2D eigenvalue weighted by Crippen LogP contribution is -2.33. The number of hydrogen-bond donors (Lipinski definition) is 2. The fourth-order valence-corrected chi connectivity index (χ4v) is 2.90. The molecule has 1 aromatic carbocycles. The summed E-state index contributed by atoms with van der Waals surface area (Å²) in [6, 6.07) is 5.96. The number of halogens is 1. The van der Waals surface area contributed by atoms with Crippen LogP contribution < -0.4 is 10.6 Å². The van der Waals surface area contributed by atoms with Crippen molar-refractivity contribution in [2.24, 2.45) is 0 Å². The number of imide groups is 1. The van der Waals surface area contributed by atoms with Crippen molar-refractivity contribution in [2.45, 2.75) is 31.8 Å². The largest absolute Gasteiger partial charge is 0.356 e. The Morgan fingerprint density at radius 1 is 1.31 bits per heavy atom. The minimum atomic E-state index is -0.669. The van der Waals surface area contributed by atoms with Gasteiger partial charge in [-0.1, -0.05) is 29.8 Å². The molecule has 1 fully saturated rings. The Morgan fingerprint density at radius 3 is 2.73 bits per heavy atom. The van der Waals surface area contributed by atoms with Gasteiger partial charge in [-0.15, -0.1) is 0 Å². The molecule has 0 saturated carbocycles. The SMILES string of the molecule is CN(C)CCCNC(=O)CC[C@@H]1NC(=O)N(Cc2ccccc2Cl)C1=O. The lowest BCUT2D eigenvalue weighted by atomic mass is 10.1. The molecular weight excluding hydrogens is 356 g/mol. The van der Waals surface area contributed by atoms with Gasteiger partial charge in [0.05, 0.1) is 6.54 Å². The summed E-state index contributed by atoms with van der Waals surface area (Å²) >= 11 is 6.09. The third-order valence-electron chi connectivity index (χ3n) is 4.16. The zero-order valence-electron chi connectivity index (χ0n) is 15.1. The zero-order chi connectivity index (χ0) is 19.1. The fourth-order valence-electron chi connectivity index (χ4n) is 2.71. The minimum absolute atomic E-state index is 0.115. The average Bonchev–Trinajstić information content (AvgIpc) is 2.86. The number of amides is 4. The topological polar surface area (TPSA) is 81.8 Å². The monoisotopic (exact) mass is 380 g/mol. The normalized spacial score (nSPS) is 16.9. The second kappa shape index (κ2) is 9.54. The summed E-state index contributed by atoms with van der Waals surface area (Å²) in [4.78, 5) is 39.6. The van der Waals surface area contributed by atoms with E-state index in [0.717, 1.165) is 17.9 Å². The maximum absolute atomic E-state index is 12.4.